The molecule has 0 aromatic heterocycles. The number of para-hydroxylation sites is 1. The second-order valence-corrected chi connectivity index (χ2v) is 7.76. The van der Waals surface area contributed by atoms with Crippen LogP contribution >= 0.6 is 7.60 Å². The third-order valence-electron chi connectivity index (χ3n) is 4.10. The number of hydrogen-bond donors (Lipinski definition) is 3. The highest BCUT2D eigenvalue weighted by Gasteiger charge is 2.30. The van der Waals surface area contributed by atoms with Gasteiger partial charge in [-0.3, -0.25) is 0 Å². The summed E-state index contributed by atoms with van der Waals surface area (Å²) in [7, 11) is -4.25. The Hall–Kier alpha value is -2.75. The first-order valence-electron chi connectivity index (χ1n) is 8.00. The fourth-order valence-electron chi connectivity index (χ4n) is 2.80. The van der Waals surface area contributed by atoms with Crippen molar-refractivity contribution in [3.05, 3.63) is 71.8 Å². The van der Waals surface area contributed by atoms with Crippen LogP contribution in [-0.2, 0) is 4.57 Å². The zero-order chi connectivity index (χ0) is 18.9. The lowest BCUT2D eigenvalue weighted by Gasteiger charge is -2.19. The highest BCUT2D eigenvalue weighted by atomic mass is 31.2. The summed E-state index contributed by atoms with van der Waals surface area (Å²) in [6, 6.07) is 15.8. The molecule has 1 atom stereocenters. The second-order valence-electron chi connectivity index (χ2n) is 6.05. The number of rotatable bonds is 4. The van der Waals surface area contributed by atoms with Crippen molar-refractivity contribution in [3.63, 3.8) is 0 Å². The SMILES string of the molecule is Cc1cccc(C)c1OP(=O)(O)c1ccccc1-c1cc(O)ccc1O. The maximum absolute atomic E-state index is 13.1. The summed E-state index contributed by atoms with van der Waals surface area (Å²) < 4.78 is 18.6. The molecule has 134 valence electrons. The Labute approximate surface area is 151 Å². The first kappa shape index (κ1) is 18.1. The number of phenols is 2. The first-order chi connectivity index (χ1) is 12.3. The zero-order valence-electron chi connectivity index (χ0n) is 14.4. The van der Waals surface area contributed by atoms with Gasteiger partial charge in [-0.05, 0) is 49.2 Å². The minimum Gasteiger partial charge on any atom is -0.508 e. The van der Waals surface area contributed by atoms with Crippen LogP contribution in [0.3, 0.4) is 0 Å². The zero-order valence-corrected chi connectivity index (χ0v) is 15.3. The standard InChI is InChI=1S/C20H19O5P/c1-13-6-5-7-14(2)20(13)25-26(23,24)19-9-4-3-8-16(19)17-12-15(21)10-11-18(17)22/h3-12,21-22H,1-2H3,(H,23,24). The predicted molar refractivity (Wildman–Crippen MR) is 101 cm³/mol. The quantitative estimate of drug-likeness (QED) is 0.472. The molecule has 5 nitrogen and oxygen atoms in total. The Kier molecular flexibility index (Phi) is 4.77. The van der Waals surface area contributed by atoms with Gasteiger partial charge < -0.3 is 19.6 Å². The fourth-order valence-corrected chi connectivity index (χ4v) is 4.21. The van der Waals surface area contributed by atoms with Crippen molar-refractivity contribution in [1.82, 2.24) is 0 Å². The number of hydrogen-bond acceptors (Lipinski definition) is 4. The Bertz CT molecular complexity index is 993. The Morgan fingerprint density at radius 2 is 1.50 bits per heavy atom. The number of benzene rings is 3. The molecule has 0 aliphatic carbocycles. The van der Waals surface area contributed by atoms with E-state index in [1.54, 1.807) is 44.2 Å². The smallest absolute Gasteiger partial charge is 0.408 e. The molecule has 3 aromatic carbocycles. The molecule has 0 heterocycles. The lowest BCUT2D eigenvalue weighted by molar-refractivity contribution is 0.391. The van der Waals surface area contributed by atoms with Gasteiger partial charge in [0.1, 0.15) is 17.2 Å². The van der Waals surface area contributed by atoms with E-state index in [9.17, 15) is 19.7 Å². The first-order valence-corrected chi connectivity index (χ1v) is 9.58. The average molecular weight is 370 g/mol. The second kappa shape index (κ2) is 6.87. The average Bonchev–Trinajstić information content (AvgIpc) is 2.60. The molecule has 0 aliphatic rings. The summed E-state index contributed by atoms with van der Waals surface area (Å²) in [4.78, 5) is 10.7. The van der Waals surface area contributed by atoms with E-state index < -0.39 is 7.60 Å². The van der Waals surface area contributed by atoms with Gasteiger partial charge in [0.05, 0.1) is 5.30 Å². The molecule has 0 radical (unpaired) electrons. The van der Waals surface area contributed by atoms with Crippen LogP contribution in [0.4, 0.5) is 0 Å². The van der Waals surface area contributed by atoms with Gasteiger partial charge in [0.25, 0.3) is 0 Å². The minimum atomic E-state index is -4.25. The van der Waals surface area contributed by atoms with Crippen molar-refractivity contribution in [2.45, 2.75) is 13.8 Å². The van der Waals surface area contributed by atoms with Crippen molar-refractivity contribution in [2.24, 2.45) is 0 Å². The molecule has 3 N–H and O–H groups in total. The molecule has 1 unspecified atom stereocenters. The van der Waals surface area contributed by atoms with E-state index in [1.807, 2.05) is 6.07 Å². The summed E-state index contributed by atoms with van der Waals surface area (Å²) >= 11 is 0. The van der Waals surface area contributed by atoms with Crippen LogP contribution in [0.2, 0.25) is 0 Å². The fraction of sp³-hybridized carbons (Fsp3) is 0.100. The molecule has 6 heteroatoms. The van der Waals surface area contributed by atoms with E-state index in [4.69, 9.17) is 4.52 Å². The molecule has 0 fully saturated rings. The third-order valence-corrected chi connectivity index (χ3v) is 5.53. The van der Waals surface area contributed by atoms with E-state index in [1.165, 1.54) is 24.3 Å². The van der Waals surface area contributed by atoms with Gasteiger partial charge in [0.15, 0.2) is 0 Å². The van der Waals surface area contributed by atoms with Crippen molar-refractivity contribution < 1.29 is 24.2 Å². The molecule has 3 aromatic rings. The summed E-state index contributed by atoms with van der Waals surface area (Å²) in [6.07, 6.45) is 0. The molecular weight excluding hydrogens is 351 g/mol. The van der Waals surface area contributed by atoms with Crippen molar-refractivity contribution in [3.8, 4) is 28.4 Å². The van der Waals surface area contributed by atoms with Crippen LogP contribution in [0, 0.1) is 13.8 Å². The Balaban J connectivity index is 2.12. The lowest BCUT2D eigenvalue weighted by Crippen LogP contribution is -2.13. The summed E-state index contributed by atoms with van der Waals surface area (Å²) in [5, 5.41) is 19.9. The summed E-state index contributed by atoms with van der Waals surface area (Å²) in [6.45, 7) is 3.60. The van der Waals surface area contributed by atoms with Crippen molar-refractivity contribution in [2.75, 3.05) is 0 Å². The molecule has 0 bridgehead atoms. The number of aryl methyl sites for hydroxylation is 2. The Morgan fingerprint density at radius 3 is 2.19 bits per heavy atom. The van der Waals surface area contributed by atoms with Crippen LogP contribution in [0.5, 0.6) is 17.2 Å². The summed E-state index contributed by atoms with van der Waals surface area (Å²) in [5.41, 5.74) is 2.06. The van der Waals surface area contributed by atoms with E-state index in [2.05, 4.69) is 0 Å². The van der Waals surface area contributed by atoms with Gasteiger partial charge in [0.2, 0.25) is 0 Å². The monoisotopic (exact) mass is 370 g/mol. The molecule has 0 saturated heterocycles. The summed E-state index contributed by atoms with van der Waals surface area (Å²) in [5.74, 6) is 0.187. The Morgan fingerprint density at radius 1 is 0.846 bits per heavy atom. The lowest BCUT2D eigenvalue weighted by atomic mass is 10.0. The maximum Gasteiger partial charge on any atom is 0.408 e. The van der Waals surface area contributed by atoms with E-state index in [0.717, 1.165) is 11.1 Å². The molecule has 0 aliphatic heterocycles. The highest BCUT2D eigenvalue weighted by Crippen LogP contribution is 2.47. The predicted octanol–water partition coefficient (Wildman–Crippen LogP) is 4.27. The van der Waals surface area contributed by atoms with Crippen LogP contribution in [0.1, 0.15) is 11.1 Å². The molecule has 0 saturated carbocycles. The molecule has 0 spiro atoms. The van der Waals surface area contributed by atoms with Gasteiger partial charge in [0, 0.05) is 11.1 Å². The van der Waals surface area contributed by atoms with Crippen LogP contribution in [-0.4, -0.2) is 15.1 Å². The topological polar surface area (TPSA) is 87.0 Å². The normalized spacial score (nSPS) is 13.2. The largest absolute Gasteiger partial charge is 0.508 e. The number of phenolic OH excluding ortho intramolecular Hbond substituents is 2. The molecule has 0 amide bonds. The van der Waals surface area contributed by atoms with E-state index in [-0.39, 0.29) is 22.4 Å². The molecular formula is C20H19O5P. The highest BCUT2D eigenvalue weighted by molar-refractivity contribution is 7.62. The van der Waals surface area contributed by atoms with Crippen molar-refractivity contribution >= 4 is 12.9 Å². The van der Waals surface area contributed by atoms with Gasteiger partial charge in [-0.15, -0.1) is 0 Å². The van der Waals surface area contributed by atoms with Gasteiger partial charge >= 0.3 is 7.60 Å². The third kappa shape index (κ3) is 3.45. The van der Waals surface area contributed by atoms with Crippen LogP contribution < -0.4 is 9.83 Å². The molecule has 3 rings (SSSR count). The van der Waals surface area contributed by atoms with E-state index in [0.29, 0.717) is 11.3 Å². The van der Waals surface area contributed by atoms with E-state index >= 15 is 0 Å². The van der Waals surface area contributed by atoms with Crippen LogP contribution in [0.15, 0.2) is 60.7 Å². The van der Waals surface area contributed by atoms with Crippen molar-refractivity contribution in [1.29, 1.82) is 0 Å². The number of aromatic hydroxyl groups is 2. The van der Waals surface area contributed by atoms with Gasteiger partial charge in [-0.2, -0.15) is 0 Å². The maximum atomic E-state index is 13.1. The molecule has 26 heavy (non-hydrogen) atoms. The van der Waals surface area contributed by atoms with Gasteiger partial charge in [-0.25, -0.2) is 4.57 Å². The minimum absolute atomic E-state index is 0.0450. The van der Waals surface area contributed by atoms with Crippen LogP contribution in [0.25, 0.3) is 11.1 Å². The van der Waals surface area contributed by atoms with Gasteiger partial charge in [-0.1, -0.05) is 36.4 Å².